The number of carbonyl (C=O) groups excluding carboxylic acids is 1. The summed E-state index contributed by atoms with van der Waals surface area (Å²) in [5.74, 6) is 0.196. The molecule has 0 saturated heterocycles. The number of amides is 1. The maximum Gasteiger partial charge on any atom is 0.244 e. The highest BCUT2D eigenvalue weighted by atomic mass is 32.2. The number of rotatable bonds is 7. The van der Waals surface area contributed by atoms with E-state index in [1.165, 1.54) is 14.0 Å². The van der Waals surface area contributed by atoms with Crippen LogP contribution in [0.3, 0.4) is 0 Å². The SMILES string of the molecule is COc1cc(C)c(C)cc1S(=O)(=O)NCCCNC(C)=O. The van der Waals surface area contributed by atoms with Crippen LogP contribution < -0.4 is 14.8 Å². The molecule has 0 aliphatic carbocycles. The van der Waals surface area contributed by atoms with Crippen molar-refractivity contribution in [2.24, 2.45) is 0 Å². The Balaban J connectivity index is 2.78. The summed E-state index contributed by atoms with van der Waals surface area (Å²) in [5, 5.41) is 2.61. The van der Waals surface area contributed by atoms with Gasteiger partial charge in [-0.15, -0.1) is 0 Å². The molecule has 118 valence electrons. The van der Waals surface area contributed by atoms with Crippen LogP contribution in [-0.4, -0.2) is 34.5 Å². The monoisotopic (exact) mass is 314 g/mol. The van der Waals surface area contributed by atoms with Gasteiger partial charge in [0, 0.05) is 20.0 Å². The van der Waals surface area contributed by atoms with Crippen molar-refractivity contribution in [1.29, 1.82) is 0 Å². The Morgan fingerprint density at radius 2 is 1.81 bits per heavy atom. The first kappa shape index (κ1) is 17.5. The van der Waals surface area contributed by atoms with Gasteiger partial charge >= 0.3 is 0 Å². The zero-order chi connectivity index (χ0) is 16.0. The molecule has 0 aromatic heterocycles. The van der Waals surface area contributed by atoms with E-state index >= 15 is 0 Å². The number of nitrogens with one attached hydrogen (secondary N) is 2. The van der Waals surface area contributed by atoms with Crippen molar-refractivity contribution in [3.05, 3.63) is 23.3 Å². The van der Waals surface area contributed by atoms with Gasteiger partial charge in [-0.3, -0.25) is 4.79 Å². The summed E-state index contributed by atoms with van der Waals surface area (Å²) in [4.78, 5) is 10.8. The summed E-state index contributed by atoms with van der Waals surface area (Å²) in [6.07, 6.45) is 0.520. The summed E-state index contributed by atoms with van der Waals surface area (Å²) in [5.41, 5.74) is 1.85. The van der Waals surface area contributed by atoms with E-state index in [9.17, 15) is 13.2 Å². The molecular formula is C14H22N2O4S. The molecule has 7 heteroatoms. The topological polar surface area (TPSA) is 84.5 Å². The molecule has 0 saturated carbocycles. The maximum atomic E-state index is 12.3. The molecule has 1 aromatic rings. The molecule has 1 aromatic carbocycles. The molecule has 0 heterocycles. The first-order valence-corrected chi connectivity index (χ1v) is 8.15. The molecule has 1 rings (SSSR count). The van der Waals surface area contributed by atoms with E-state index in [4.69, 9.17) is 4.74 Å². The van der Waals surface area contributed by atoms with Crippen molar-refractivity contribution in [3.8, 4) is 5.75 Å². The molecule has 21 heavy (non-hydrogen) atoms. The Kier molecular flexibility index (Phi) is 6.17. The molecule has 0 unspecified atom stereocenters. The van der Waals surface area contributed by atoms with Crippen LogP contribution >= 0.6 is 0 Å². The molecule has 0 bridgehead atoms. The molecule has 0 aliphatic heterocycles. The Bertz CT molecular complexity index is 612. The number of aryl methyl sites for hydroxylation is 2. The van der Waals surface area contributed by atoms with Gasteiger partial charge in [0.2, 0.25) is 15.9 Å². The third-order valence-corrected chi connectivity index (χ3v) is 4.57. The molecule has 0 aliphatic rings. The summed E-state index contributed by atoms with van der Waals surface area (Å²) < 4.78 is 32.2. The van der Waals surface area contributed by atoms with Crippen LogP contribution in [0.15, 0.2) is 17.0 Å². The minimum absolute atomic E-state index is 0.131. The highest BCUT2D eigenvalue weighted by Gasteiger charge is 2.20. The molecular weight excluding hydrogens is 292 g/mol. The van der Waals surface area contributed by atoms with Crippen LogP contribution in [0.4, 0.5) is 0 Å². The van der Waals surface area contributed by atoms with Crippen LogP contribution in [0.2, 0.25) is 0 Å². The van der Waals surface area contributed by atoms with Crippen LogP contribution in [0.25, 0.3) is 0 Å². The second kappa shape index (κ2) is 7.42. The van der Waals surface area contributed by atoms with E-state index in [-0.39, 0.29) is 17.3 Å². The highest BCUT2D eigenvalue weighted by molar-refractivity contribution is 7.89. The fraction of sp³-hybridized carbons (Fsp3) is 0.500. The zero-order valence-corrected chi connectivity index (χ0v) is 13.6. The third kappa shape index (κ3) is 5.02. The minimum atomic E-state index is -3.63. The molecule has 2 N–H and O–H groups in total. The lowest BCUT2D eigenvalue weighted by Gasteiger charge is -2.13. The van der Waals surface area contributed by atoms with Crippen molar-refractivity contribution >= 4 is 15.9 Å². The van der Waals surface area contributed by atoms with Crippen molar-refractivity contribution in [1.82, 2.24) is 10.0 Å². The minimum Gasteiger partial charge on any atom is -0.495 e. The summed E-state index contributed by atoms with van der Waals surface area (Å²) >= 11 is 0. The third-order valence-electron chi connectivity index (χ3n) is 3.09. The second-order valence-corrected chi connectivity index (χ2v) is 6.56. The normalized spacial score (nSPS) is 11.2. The van der Waals surface area contributed by atoms with Crippen molar-refractivity contribution in [3.63, 3.8) is 0 Å². The lowest BCUT2D eigenvalue weighted by molar-refractivity contribution is -0.118. The van der Waals surface area contributed by atoms with Gasteiger partial charge in [-0.1, -0.05) is 0 Å². The standard InChI is InChI=1S/C14H22N2O4S/c1-10-8-13(20-4)14(9-11(10)2)21(18,19)16-7-5-6-15-12(3)17/h8-9,16H,5-7H2,1-4H3,(H,15,17). The Morgan fingerprint density at radius 3 is 2.38 bits per heavy atom. The number of carbonyl (C=O) groups is 1. The smallest absolute Gasteiger partial charge is 0.244 e. The maximum absolute atomic E-state index is 12.3. The quantitative estimate of drug-likeness (QED) is 0.739. The molecule has 1 amide bonds. The molecule has 6 nitrogen and oxygen atoms in total. The van der Waals surface area contributed by atoms with E-state index in [0.717, 1.165) is 11.1 Å². The van der Waals surface area contributed by atoms with E-state index in [1.54, 1.807) is 12.1 Å². The number of ether oxygens (including phenoxy) is 1. The van der Waals surface area contributed by atoms with E-state index in [0.29, 0.717) is 18.7 Å². The first-order chi connectivity index (χ1) is 9.77. The van der Waals surface area contributed by atoms with Gasteiger partial charge in [-0.25, -0.2) is 13.1 Å². The Hall–Kier alpha value is -1.60. The number of sulfonamides is 1. The van der Waals surface area contributed by atoms with Gasteiger partial charge in [0.05, 0.1) is 7.11 Å². The molecule has 0 atom stereocenters. The van der Waals surface area contributed by atoms with E-state index < -0.39 is 10.0 Å². The number of hydrogen-bond donors (Lipinski definition) is 2. The van der Waals surface area contributed by atoms with Crippen LogP contribution in [0.5, 0.6) is 5.75 Å². The number of methoxy groups -OCH3 is 1. The van der Waals surface area contributed by atoms with Gasteiger partial charge in [0.25, 0.3) is 0 Å². The van der Waals surface area contributed by atoms with Crippen molar-refractivity contribution < 1.29 is 17.9 Å². The van der Waals surface area contributed by atoms with E-state index in [2.05, 4.69) is 10.0 Å². The van der Waals surface area contributed by atoms with Gasteiger partial charge in [-0.2, -0.15) is 0 Å². The Labute approximate surface area is 125 Å². The van der Waals surface area contributed by atoms with Crippen molar-refractivity contribution in [2.45, 2.75) is 32.1 Å². The number of benzene rings is 1. The van der Waals surface area contributed by atoms with Gasteiger partial charge in [0.1, 0.15) is 10.6 Å². The lowest BCUT2D eigenvalue weighted by atomic mass is 10.1. The predicted octanol–water partition coefficient (Wildman–Crippen LogP) is 1.12. The lowest BCUT2D eigenvalue weighted by Crippen LogP contribution is -2.29. The van der Waals surface area contributed by atoms with Crippen LogP contribution in [-0.2, 0) is 14.8 Å². The fourth-order valence-corrected chi connectivity index (χ4v) is 3.08. The van der Waals surface area contributed by atoms with E-state index in [1.807, 2.05) is 13.8 Å². The molecule has 0 fully saturated rings. The average molecular weight is 314 g/mol. The molecule has 0 spiro atoms. The average Bonchev–Trinajstić information content (AvgIpc) is 2.40. The van der Waals surface area contributed by atoms with Gasteiger partial charge < -0.3 is 10.1 Å². The summed E-state index contributed by atoms with van der Waals surface area (Å²) in [7, 11) is -2.19. The fourth-order valence-electron chi connectivity index (χ4n) is 1.77. The first-order valence-electron chi connectivity index (χ1n) is 6.67. The number of hydrogen-bond acceptors (Lipinski definition) is 4. The summed E-state index contributed by atoms with van der Waals surface area (Å²) in [6.45, 7) is 5.85. The van der Waals surface area contributed by atoms with Gasteiger partial charge in [-0.05, 0) is 43.5 Å². The zero-order valence-electron chi connectivity index (χ0n) is 12.8. The predicted molar refractivity (Wildman–Crippen MR) is 81.0 cm³/mol. The van der Waals surface area contributed by atoms with Gasteiger partial charge in [0.15, 0.2) is 0 Å². The summed E-state index contributed by atoms with van der Waals surface area (Å²) in [6, 6.07) is 3.31. The van der Waals surface area contributed by atoms with Crippen molar-refractivity contribution in [2.75, 3.05) is 20.2 Å². The highest BCUT2D eigenvalue weighted by Crippen LogP contribution is 2.27. The Morgan fingerprint density at radius 1 is 1.19 bits per heavy atom. The van der Waals surface area contributed by atoms with Crippen LogP contribution in [0, 0.1) is 13.8 Å². The second-order valence-electron chi connectivity index (χ2n) is 4.82. The molecule has 0 radical (unpaired) electrons. The largest absolute Gasteiger partial charge is 0.495 e. The van der Waals surface area contributed by atoms with Crippen LogP contribution in [0.1, 0.15) is 24.5 Å².